The van der Waals surface area contributed by atoms with Crippen LogP contribution in [0, 0.1) is 5.41 Å². The molecule has 0 unspecified atom stereocenters. The molecule has 0 aromatic carbocycles. The normalized spacial score (nSPS) is 21.8. The van der Waals surface area contributed by atoms with E-state index in [1.165, 1.54) is 24.7 Å². The van der Waals surface area contributed by atoms with E-state index < -0.39 is 0 Å². The predicted octanol–water partition coefficient (Wildman–Crippen LogP) is 3.37. The van der Waals surface area contributed by atoms with Gasteiger partial charge in [0, 0.05) is 32.3 Å². The second-order valence-corrected chi connectivity index (χ2v) is 7.40. The first-order chi connectivity index (χ1) is 11.3. The molecule has 2 amide bonds. The van der Waals surface area contributed by atoms with Crippen LogP contribution < -0.4 is 0 Å². The Kier molecular flexibility index (Phi) is 6.08. The van der Waals surface area contributed by atoms with Gasteiger partial charge in [0.25, 0.3) is 0 Å². The smallest absolute Gasteiger partial charge is 0.409 e. The average molecular weight is 334 g/mol. The molecule has 0 aromatic rings. The van der Waals surface area contributed by atoms with Gasteiger partial charge in [-0.25, -0.2) is 4.79 Å². The fraction of sp³-hybridized carbons (Fsp3) is 0.684. The molecule has 1 fully saturated rings. The highest BCUT2D eigenvalue weighted by molar-refractivity contribution is 5.88. The summed E-state index contributed by atoms with van der Waals surface area (Å²) in [6.07, 6.45) is 7.69. The van der Waals surface area contributed by atoms with Gasteiger partial charge in [0.1, 0.15) is 0 Å². The Morgan fingerprint density at radius 2 is 1.75 bits per heavy atom. The standard InChI is InChI=1S/C19H30N2O3/c1-15-7-5-10-19(2,3)16(15)8-9-17(22)20-11-6-12-21(14-13-20)18(23)24-4/h8-9H,5-7,10-14H2,1-4H3/b9-8+. The Morgan fingerprint density at radius 3 is 2.42 bits per heavy atom. The van der Waals surface area contributed by atoms with Crippen molar-refractivity contribution in [3.05, 3.63) is 23.3 Å². The lowest BCUT2D eigenvalue weighted by Gasteiger charge is -2.33. The highest BCUT2D eigenvalue weighted by atomic mass is 16.5. The quantitative estimate of drug-likeness (QED) is 0.728. The third kappa shape index (κ3) is 4.40. The molecule has 1 heterocycles. The maximum absolute atomic E-state index is 12.5. The molecule has 1 aliphatic carbocycles. The van der Waals surface area contributed by atoms with Crippen LogP contribution in [-0.4, -0.2) is 55.1 Å². The maximum atomic E-state index is 12.5. The van der Waals surface area contributed by atoms with Crippen molar-refractivity contribution < 1.29 is 14.3 Å². The minimum absolute atomic E-state index is 0.0309. The van der Waals surface area contributed by atoms with Gasteiger partial charge in [0.15, 0.2) is 0 Å². The third-order valence-electron chi connectivity index (χ3n) is 5.18. The zero-order valence-electron chi connectivity index (χ0n) is 15.4. The molecule has 24 heavy (non-hydrogen) atoms. The summed E-state index contributed by atoms with van der Waals surface area (Å²) in [6, 6.07) is 0. The van der Waals surface area contributed by atoms with Gasteiger partial charge >= 0.3 is 6.09 Å². The van der Waals surface area contributed by atoms with Crippen LogP contribution >= 0.6 is 0 Å². The van der Waals surface area contributed by atoms with E-state index in [0.717, 1.165) is 19.3 Å². The van der Waals surface area contributed by atoms with Gasteiger partial charge in [-0.1, -0.05) is 25.5 Å². The van der Waals surface area contributed by atoms with Crippen molar-refractivity contribution in [1.29, 1.82) is 0 Å². The fourth-order valence-electron chi connectivity index (χ4n) is 3.72. The first-order valence-corrected chi connectivity index (χ1v) is 8.85. The molecule has 0 atom stereocenters. The van der Waals surface area contributed by atoms with E-state index in [2.05, 4.69) is 20.8 Å². The van der Waals surface area contributed by atoms with Crippen molar-refractivity contribution in [3.63, 3.8) is 0 Å². The molecule has 5 heteroatoms. The molecule has 0 bridgehead atoms. The number of nitrogens with zero attached hydrogens (tertiary/aromatic N) is 2. The minimum Gasteiger partial charge on any atom is -0.453 e. The molecule has 1 aliphatic heterocycles. The molecule has 0 aromatic heterocycles. The zero-order valence-corrected chi connectivity index (χ0v) is 15.4. The predicted molar refractivity (Wildman–Crippen MR) is 94.6 cm³/mol. The highest BCUT2D eigenvalue weighted by Crippen LogP contribution is 2.40. The first kappa shape index (κ1) is 18.6. The topological polar surface area (TPSA) is 49.9 Å². The molecule has 2 rings (SSSR count). The van der Waals surface area contributed by atoms with E-state index in [1.807, 2.05) is 11.0 Å². The van der Waals surface area contributed by atoms with Gasteiger partial charge in [-0.2, -0.15) is 0 Å². The second kappa shape index (κ2) is 7.86. The minimum atomic E-state index is -0.315. The van der Waals surface area contributed by atoms with Crippen molar-refractivity contribution in [1.82, 2.24) is 9.80 Å². The Labute approximate surface area is 145 Å². The van der Waals surface area contributed by atoms with Crippen LogP contribution in [0.3, 0.4) is 0 Å². The Morgan fingerprint density at radius 1 is 1.08 bits per heavy atom. The number of carbonyl (C=O) groups is 2. The van der Waals surface area contributed by atoms with Crippen molar-refractivity contribution in [2.75, 3.05) is 33.3 Å². The van der Waals surface area contributed by atoms with Crippen LogP contribution in [0.1, 0.15) is 46.5 Å². The summed E-state index contributed by atoms with van der Waals surface area (Å²) < 4.78 is 4.77. The van der Waals surface area contributed by atoms with Crippen molar-refractivity contribution in [3.8, 4) is 0 Å². The lowest BCUT2D eigenvalue weighted by Crippen LogP contribution is -2.36. The van der Waals surface area contributed by atoms with E-state index in [1.54, 1.807) is 11.0 Å². The summed E-state index contributed by atoms with van der Waals surface area (Å²) in [5.74, 6) is 0.0309. The van der Waals surface area contributed by atoms with Crippen LogP contribution in [0.15, 0.2) is 23.3 Å². The lowest BCUT2D eigenvalue weighted by atomic mass is 9.72. The molecular weight excluding hydrogens is 304 g/mol. The third-order valence-corrected chi connectivity index (χ3v) is 5.18. The Bertz CT molecular complexity index is 549. The van der Waals surface area contributed by atoms with E-state index in [0.29, 0.717) is 26.2 Å². The molecule has 0 radical (unpaired) electrons. The number of ether oxygens (including phenoxy) is 1. The number of allylic oxidation sites excluding steroid dienone is 3. The molecule has 2 aliphatic rings. The van der Waals surface area contributed by atoms with Crippen molar-refractivity contribution >= 4 is 12.0 Å². The van der Waals surface area contributed by atoms with Gasteiger partial charge < -0.3 is 14.5 Å². The highest BCUT2D eigenvalue weighted by Gasteiger charge is 2.27. The maximum Gasteiger partial charge on any atom is 0.409 e. The van der Waals surface area contributed by atoms with Gasteiger partial charge in [-0.05, 0) is 43.6 Å². The molecule has 0 N–H and O–H groups in total. The molecular formula is C19H30N2O3. The van der Waals surface area contributed by atoms with Crippen LogP contribution in [-0.2, 0) is 9.53 Å². The van der Waals surface area contributed by atoms with Crippen LogP contribution in [0.2, 0.25) is 0 Å². The average Bonchev–Trinajstić information content (AvgIpc) is 2.79. The summed E-state index contributed by atoms with van der Waals surface area (Å²) in [4.78, 5) is 27.6. The van der Waals surface area contributed by atoms with Crippen LogP contribution in [0.25, 0.3) is 0 Å². The van der Waals surface area contributed by atoms with Crippen LogP contribution in [0.4, 0.5) is 4.79 Å². The van der Waals surface area contributed by atoms with E-state index in [4.69, 9.17) is 4.74 Å². The van der Waals surface area contributed by atoms with Gasteiger partial charge in [-0.3, -0.25) is 4.79 Å². The lowest BCUT2D eigenvalue weighted by molar-refractivity contribution is -0.125. The monoisotopic (exact) mass is 334 g/mol. The number of carbonyl (C=O) groups excluding carboxylic acids is 2. The van der Waals surface area contributed by atoms with E-state index in [9.17, 15) is 9.59 Å². The van der Waals surface area contributed by atoms with E-state index >= 15 is 0 Å². The van der Waals surface area contributed by atoms with Gasteiger partial charge in [0.2, 0.25) is 5.91 Å². The largest absolute Gasteiger partial charge is 0.453 e. The second-order valence-electron chi connectivity index (χ2n) is 7.40. The van der Waals surface area contributed by atoms with Gasteiger partial charge in [-0.15, -0.1) is 0 Å². The van der Waals surface area contributed by atoms with Crippen molar-refractivity contribution in [2.24, 2.45) is 5.41 Å². The molecule has 0 spiro atoms. The Hall–Kier alpha value is -1.78. The summed E-state index contributed by atoms with van der Waals surface area (Å²) in [6.45, 7) is 9.07. The number of amides is 2. The number of rotatable bonds is 2. The van der Waals surface area contributed by atoms with Gasteiger partial charge in [0.05, 0.1) is 7.11 Å². The summed E-state index contributed by atoms with van der Waals surface area (Å²) in [5, 5.41) is 0. The number of methoxy groups -OCH3 is 1. The molecule has 134 valence electrons. The molecule has 5 nitrogen and oxygen atoms in total. The summed E-state index contributed by atoms with van der Waals surface area (Å²) in [5.41, 5.74) is 2.83. The number of hydrogen-bond acceptors (Lipinski definition) is 3. The molecule has 0 saturated carbocycles. The summed E-state index contributed by atoms with van der Waals surface area (Å²) >= 11 is 0. The SMILES string of the molecule is COC(=O)N1CCCN(C(=O)/C=C/C2=C(C)CCCC2(C)C)CC1. The molecule has 1 saturated heterocycles. The van der Waals surface area contributed by atoms with E-state index in [-0.39, 0.29) is 17.4 Å². The first-order valence-electron chi connectivity index (χ1n) is 8.85. The zero-order chi connectivity index (χ0) is 17.7. The summed E-state index contributed by atoms with van der Waals surface area (Å²) in [7, 11) is 1.39. The van der Waals surface area contributed by atoms with Crippen LogP contribution in [0.5, 0.6) is 0 Å². The van der Waals surface area contributed by atoms with Crippen molar-refractivity contribution in [2.45, 2.75) is 46.5 Å². The Balaban J connectivity index is 2.00. The number of hydrogen-bond donors (Lipinski definition) is 0. The fourth-order valence-corrected chi connectivity index (χ4v) is 3.72.